The number of nitrogens with two attached hydrogens (primary N) is 1. The minimum Gasteiger partial charge on any atom is -0.367 e. The Hall–Kier alpha value is -1.07. The first-order chi connectivity index (χ1) is 9.61. The Morgan fingerprint density at radius 1 is 1.50 bits per heavy atom. The van der Waals surface area contributed by atoms with Crippen LogP contribution in [0.2, 0.25) is 0 Å². The van der Waals surface area contributed by atoms with Crippen LogP contribution in [0.25, 0.3) is 0 Å². The highest BCUT2D eigenvalue weighted by atomic mass is 79.9. The lowest BCUT2D eigenvalue weighted by Crippen LogP contribution is -2.35. The summed E-state index contributed by atoms with van der Waals surface area (Å²) in [4.78, 5) is 13.7. The van der Waals surface area contributed by atoms with Gasteiger partial charge in [0.05, 0.1) is 5.69 Å². The Balaban J connectivity index is 1.91. The standard InChI is InChI=1S/C15H20BrN3O/c1-2-13-11-7-18-6-10(11)8-19(13)14-4-3-9(15(17)20)5-12(14)16/h3-5,10-11,13,18H,2,6-8H2,1H3,(H2,17,20). The molecule has 3 N–H and O–H groups in total. The molecule has 1 aromatic carbocycles. The Morgan fingerprint density at radius 2 is 2.30 bits per heavy atom. The molecule has 1 amide bonds. The highest BCUT2D eigenvalue weighted by Crippen LogP contribution is 2.40. The van der Waals surface area contributed by atoms with Crippen LogP contribution in [0.5, 0.6) is 0 Å². The Labute approximate surface area is 127 Å². The molecule has 2 heterocycles. The molecule has 4 nitrogen and oxygen atoms in total. The van der Waals surface area contributed by atoms with Gasteiger partial charge in [-0.2, -0.15) is 0 Å². The molecular formula is C15H20BrN3O. The van der Waals surface area contributed by atoms with E-state index < -0.39 is 0 Å². The van der Waals surface area contributed by atoms with Crippen LogP contribution in [0.4, 0.5) is 5.69 Å². The third kappa shape index (κ3) is 2.23. The van der Waals surface area contributed by atoms with Crippen molar-refractivity contribution in [3.05, 3.63) is 28.2 Å². The molecular weight excluding hydrogens is 318 g/mol. The van der Waals surface area contributed by atoms with Crippen LogP contribution in [0, 0.1) is 11.8 Å². The maximum absolute atomic E-state index is 11.2. The molecule has 0 bridgehead atoms. The lowest BCUT2D eigenvalue weighted by atomic mass is 9.93. The molecule has 5 heteroatoms. The molecule has 2 aliphatic heterocycles. The van der Waals surface area contributed by atoms with Gasteiger partial charge in [0, 0.05) is 35.7 Å². The predicted molar refractivity (Wildman–Crippen MR) is 83.9 cm³/mol. The molecule has 0 radical (unpaired) electrons. The van der Waals surface area contributed by atoms with Crippen molar-refractivity contribution in [1.82, 2.24) is 5.32 Å². The van der Waals surface area contributed by atoms with Crippen LogP contribution in [0.15, 0.2) is 22.7 Å². The van der Waals surface area contributed by atoms with Crippen LogP contribution in [-0.2, 0) is 0 Å². The molecule has 3 rings (SSSR count). The smallest absolute Gasteiger partial charge is 0.248 e. The Kier molecular flexibility index (Phi) is 3.73. The van der Waals surface area contributed by atoms with Gasteiger partial charge in [-0.05, 0) is 52.4 Å². The largest absolute Gasteiger partial charge is 0.367 e. The summed E-state index contributed by atoms with van der Waals surface area (Å²) in [6.45, 7) is 5.58. The van der Waals surface area contributed by atoms with Gasteiger partial charge in [0.15, 0.2) is 0 Å². The van der Waals surface area contributed by atoms with Crippen molar-refractivity contribution >= 4 is 27.5 Å². The second-order valence-corrected chi connectivity index (χ2v) is 6.59. The molecule has 0 saturated carbocycles. The Morgan fingerprint density at radius 3 is 2.95 bits per heavy atom. The number of amides is 1. The molecule has 2 fully saturated rings. The number of halogens is 1. The van der Waals surface area contributed by atoms with E-state index in [0.717, 1.165) is 42.4 Å². The summed E-state index contributed by atoms with van der Waals surface area (Å²) in [5.41, 5.74) is 7.06. The number of rotatable bonds is 3. The zero-order valence-electron chi connectivity index (χ0n) is 11.6. The first kappa shape index (κ1) is 13.9. The first-order valence-corrected chi connectivity index (χ1v) is 7.97. The fourth-order valence-electron chi connectivity index (χ4n) is 3.72. The van der Waals surface area contributed by atoms with E-state index in [-0.39, 0.29) is 5.91 Å². The summed E-state index contributed by atoms with van der Waals surface area (Å²) in [6, 6.07) is 6.24. The van der Waals surface area contributed by atoms with Crippen LogP contribution in [0.1, 0.15) is 23.7 Å². The van der Waals surface area contributed by atoms with Crippen molar-refractivity contribution in [2.45, 2.75) is 19.4 Å². The minimum atomic E-state index is -0.383. The average molecular weight is 338 g/mol. The van der Waals surface area contributed by atoms with Crippen LogP contribution in [0.3, 0.4) is 0 Å². The molecule has 0 aromatic heterocycles. The summed E-state index contributed by atoms with van der Waals surface area (Å²) >= 11 is 3.60. The molecule has 20 heavy (non-hydrogen) atoms. The number of hydrogen-bond acceptors (Lipinski definition) is 3. The number of nitrogens with zero attached hydrogens (tertiary/aromatic N) is 1. The maximum Gasteiger partial charge on any atom is 0.248 e. The van der Waals surface area contributed by atoms with E-state index in [1.54, 1.807) is 0 Å². The maximum atomic E-state index is 11.2. The van der Waals surface area contributed by atoms with E-state index in [1.807, 2.05) is 18.2 Å². The second kappa shape index (κ2) is 5.37. The van der Waals surface area contributed by atoms with Crippen LogP contribution >= 0.6 is 15.9 Å². The first-order valence-electron chi connectivity index (χ1n) is 7.18. The van der Waals surface area contributed by atoms with Gasteiger partial charge < -0.3 is 16.0 Å². The van der Waals surface area contributed by atoms with Crippen molar-refractivity contribution in [3.63, 3.8) is 0 Å². The molecule has 1 aromatic rings. The number of anilines is 1. The van der Waals surface area contributed by atoms with Gasteiger partial charge in [0.25, 0.3) is 0 Å². The lowest BCUT2D eigenvalue weighted by molar-refractivity contribution is 0.100. The fourth-order valence-corrected chi connectivity index (χ4v) is 4.32. The summed E-state index contributed by atoms with van der Waals surface area (Å²) in [7, 11) is 0. The summed E-state index contributed by atoms with van der Waals surface area (Å²) in [5.74, 6) is 1.09. The van der Waals surface area contributed by atoms with E-state index in [9.17, 15) is 4.79 Å². The third-order valence-corrected chi connectivity index (χ3v) is 5.31. The zero-order chi connectivity index (χ0) is 14.3. The van der Waals surface area contributed by atoms with E-state index >= 15 is 0 Å². The van der Waals surface area contributed by atoms with Crippen molar-refractivity contribution in [2.24, 2.45) is 17.6 Å². The van der Waals surface area contributed by atoms with E-state index in [0.29, 0.717) is 11.6 Å². The van der Waals surface area contributed by atoms with Crippen LogP contribution < -0.4 is 16.0 Å². The molecule has 3 unspecified atom stereocenters. The third-order valence-electron chi connectivity index (χ3n) is 4.68. The molecule has 2 aliphatic rings. The average Bonchev–Trinajstić information content (AvgIpc) is 2.98. The number of carbonyl (C=O) groups is 1. The monoisotopic (exact) mass is 337 g/mol. The fraction of sp³-hybridized carbons (Fsp3) is 0.533. The highest BCUT2D eigenvalue weighted by molar-refractivity contribution is 9.10. The van der Waals surface area contributed by atoms with Crippen molar-refractivity contribution < 1.29 is 4.79 Å². The van der Waals surface area contributed by atoms with Crippen molar-refractivity contribution in [2.75, 3.05) is 24.5 Å². The predicted octanol–water partition coefficient (Wildman–Crippen LogP) is 1.98. The number of fused-ring (bicyclic) bond motifs is 1. The van der Waals surface area contributed by atoms with E-state index in [4.69, 9.17) is 5.73 Å². The van der Waals surface area contributed by atoms with Gasteiger partial charge in [-0.1, -0.05) is 6.92 Å². The van der Waals surface area contributed by atoms with Crippen molar-refractivity contribution in [1.29, 1.82) is 0 Å². The molecule has 108 valence electrons. The van der Waals surface area contributed by atoms with Crippen LogP contribution in [-0.4, -0.2) is 31.6 Å². The Bertz CT molecular complexity index is 534. The number of benzene rings is 1. The summed E-state index contributed by atoms with van der Waals surface area (Å²) in [6.07, 6.45) is 1.15. The second-order valence-electron chi connectivity index (χ2n) is 5.74. The van der Waals surface area contributed by atoms with Gasteiger partial charge in [0.2, 0.25) is 5.91 Å². The van der Waals surface area contributed by atoms with E-state index in [1.165, 1.54) is 5.69 Å². The molecule has 3 atom stereocenters. The minimum absolute atomic E-state index is 0.383. The normalized spacial score (nSPS) is 28.7. The zero-order valence-corrected chi connectivity index (χ0v) is 13.2. The summed E-state index contributed by atoms with van der Waals surface area (Å²) in [5, 5.41) is 3.50. The van der Waals surface area contributed by atoms with Crippen molar-refractivity contribution in [3.8, 4) is 0 Å². The van der Waals surface area contributed by atoms with Gasteiger partial charge in [-0.3, -0.25) is 4.79 Å². The lowest BCUT2D eigenvalue weighted by Gasteiger charge is -2.30. The SMILES string of the molecule is CCC1C2CNCC2CN1c1ccc(C(N)=O)cc1Br. The molecule has 2 saturated heterocycles. The number of carbonyl (C=O) groups excluding carboxylic acids is 1. The topological polar surface area (TPSA) is 58.4 Å². The molecule has 0 spiro atoms. The van der Waals surface area contributed by atoms with Gasteiger partial charge in [-0.15, -0.1) is 0 Å². The van der Waals surface area contributed by atoms with E-state index in [2.05, 4.69) is 33.1 Å². The van der Waals surface area contributed by atoms with Gasteiger partial charge in [0.1, 0.15) is 0 Å². The quantitative estimate of drug-likeness (QED) is 0.886. The summed E-state index contributed by atoms with van der Waals surface area (Å²) < 4.78 is 0.959. The molecule has 0 aliphatic carbocycles. The highest BCUT2D eigenvalue weighted by Gasteiger charge is 2.43. The number of primary amides is 1. The van der Waals surface area contributed by atoms with Gasteiger partial charge >= 0.3 is 0 Å². The number of hydrogen-bond donors (Lipinski definition) is 2. The number of nitrogens with one attached hydrogen (secondary N) is 1. The van der Waals surface area contributed by atoms with Gasteiger partial charge in [-0.25, -0.2) is 0 Å².